The van der Waals surface area contributed by atoms with Gasteiger partial charge in [-0.05, 0) is 39.0 Å². The first-order valence-electron chi connectivity index (χ1n) is 5.61. The molecule has 96 valence electrons. The molecule has 3 nitrogen and oxygen atoms in total. The fourth-order valence-corrected chi connectivity index (χ4v) is 2.41. The van der Waals surface area contributed by atoms with Gasteiger partial charge in [0.05, 0.1) is 28.2 Å². The van der Waals surface area contributed by atoms with Crippen molar-refractivity contribution in [3.8, 4) is 5.69 Å². The Labute approximate surface area is 120 Å². The SMILES string of the molecule is Cc1nn(-c2ccc(Br)cc2C(C)O)c(C)c1Cl. The Morgan fingerprint density at radius 1 is 1.39 bits per heavy atom. The van der Waals surface area contributed by atoms with Crippen molar-refractivity contribution >= 4 is 27.5 Å². The summed E-state index contributed by atoms with van der Waals surface area (Å²) in [6, 6.07) is 5.73. The molecule has 0 spiro atoms. The fourth-order valence-electron chi connectivity index (χ4n) is 1.91. The van der Waals surface area contributed by atoms with Crippen LogP contribution in [0.25, 0.3) is 5.69 Å². The van der Waals surface area contributed by atoms with Gasteiger partial charge < -0.3 is 5.11 Å². The average molecular weight is 330 g/mol. The molecule has 18 heavy (non-hydrogen) atoms. The van der Waals surface area contributed by atoms with Crippen LogP contribution >= 0.6 is 27.5 Å². The van der Waals surface area contributed by atoms with Crippen LogP contribution in [-0.4, -0.2) is 14.9 Å². The largest absolute Gasteiger partial charge is 0.389 e. The zero-order chi connectivity index (χ0) is 13.4. The van der Waals surface area contributed by atoms with Crippen molar-refractivity contribution in [3.63, 3.8) is 0 Å². The van der Waals surface area contributed by atoms with Crippen LogP contribution in [0.1, 0.15) is 30.0 Å². The van der Waals surface area contributed by atoms with Gasteiger partial charge in [0.15, 0.2) is 0 Å². The molecule has 1 unspecified atom stereocenters. The topological polar surface area (TPSA) is 38.0 Å². The quantitative estimate of drug-likeness (QED) is 0.905. The Morgan fingerprint density at radius 3 is 2.56 bits per heavy atom. The lowest BCUT2D eigenvalue weighted by atomic mass is 10.1. The van der Waals surface area contributed by atoms with Gasteiger partial charge in [0.1, 0.15) is 0 Å². The standard InChI is InChI=1S/C13H14BrClN2O/c1-7-13(15)8(2)17(16-7)12-5-4-10(14)6-11(12)9(3)18/h4-6,9,18H,1-3H3. The summed E-state index contributed by atoms with van der Waals surface area (Å²) < 4.78 is 2.70. The summed E-state index contributed by atoms with van der Waals surface area (Å²) in [5.74, 6) is 0. The second-order valence-corrected chi connectivity index (χ2v) is 5.57. The summed E-state index contributed by atoms with van der Waals surface area (Å²) in [5.41, 5.74) is 3.32. The zero-order valence-electron chi connectivity index (χ0n) is 10.4. The van der Waals surface area contributed by atoms with Crippen LogP contribution in [0.15, 0.2) is 22.7 Å². The highest BCUT2D eigenvalue weighted by Crippen LogP contribution is 2.29. The molecule has 1 heterocycles. The predicted molar refractivity (Wildman–Crippen MR) is 76.4 cm³/mol. The van der Waals surface area contributed by atoms with Crippen LogP contribution < -0.4 is 0 Å². The third kappa shape index (κ3) is 2.32. The van der Waals surface area contributed by atoms with Crippen molar-refractivity contribution in [2.24, 2.45) is 0 Å². The number of nitrogens with zero attached hydrogens (tertiary/aromatic N) is 2. The molecule has 0 amide bonds. The zero-order valence-corrected chi connectivity index (χ0v) is 12.7. The number of aromatic nitrogens is 2. The lowest BCUT2D eigenvalue weighted by molar-refractivity contribution is 0.199. The molecule has 0 saturated carbocycles. The van der Waals surface area contributed by atoms with E-state index in [9.17, 15) is 5.11 Å². The Morgan fingerprint density at radius 2 is 2.06 bits per heavy atom. The van der Waals surface area contributed by atoms with Gasteiger partial charge in [-0.15, -0.1) is 0 Å². The maximum Gasteiger partial charge on any atom is 0.0848 e. The van der Waals surface area contributed by atoms with Gasteiger partial charge in [0, 0.05) is 10.0 Å². The van der Waals surface area contributed by atoms with Crippen molar-refractivity contribution in [2.75, 3.05) is 0 Å². The van der Waals surface area contributed by atoms with E-state index in [4.69, 9.17) is 11.6 Å². The maximum absolute atomic E-state index is 9.86. The minimum Gasteiger partial charge on any atom is -0.389 e. The highest BCUT2D eigenvalue weighted by atomic mass is 79.9. The third-order valence-electron chi connectivity index (χ3n) is 2.87. The molecule has 0 radical (unpaired) electrons. The minimum atomic E-state index is -0.569. The number of hydrogen-bond donors (Lipinski definition) is 1. The van der Waals surface area contributed by atoms with Crippen molar-refractivity contribution < 1.29 is 5.11 Å². The lowest BCUT2D eigenvalue weighted by Gasteiger charge is -2.14. The molecule has 1 atom stereocenters. The monoisotopic (exact) mass is 328 g/mol. The second-order valence-electron chi connectivity index (χ2n) is 4.28. The van der Waals surface area contributed by atoms with Gasteiger partial charge in [0.25, 0.3) is 0 Å². The Kier molecular flexibility index (Phi) is 3.80. The molecule has 5 heteroatoms. The average Bonchev–Trinajstić information content (AvgIpc) is 2.57. The van der Waals surface area contributed by atoms with E-state index in [1.807, 2.05) is 32.0 Å². The van der Waals surface area contributed by atoms with Gasteiger partial charge in [-0.3, -0.25) is 0 Å². The van der Waals surface area contributed by atoms with E-state index in [2.05, 4.69) is 21.0 Å². The lowest BCUT2D eigenvalue weighted by Crippen LogP contribution is -2.05. The number of rotatable bonds is 2. The molecular formula is C13H14BrClN2O. The van der Waals surface area contributed by atoms with Gasteiger partial charge in [-0.1, -0.05) is 27.5 Å². The van der Waals surface area contributed by atoms with E-state index in [0.29, 0.717) is 5.02 Å². The number of aliphatic hydroxyl groups is 1. The first-order chi connectivity index (χ1) is 8.41. The molecule has 0 saturated heterocycles. The van der Waals surface area contributed by atoms with Crippen molar-refractivity contribution in [3.05, 3.63) is 44.6 Å². The van der Waals surface area contributed by atoms with Crippen LogP contribution in [-0.2, 0) is 0 Å². The highest BCUT2D eigenvalue weighted by Gasteiger charge is 2.16. The van der Waals surface area contributed by atoms with E-state index in [1.54, 1.807) is 11.6 Å². The molecular weight excluding hydrogens is 316 g/mol. The summed E-state index contributed by atoms with van der Waals surface area (Å²) in [5, 5.41) is 14.9. The van der Waals surface area contributed by atoms with Crippen LogP contribution in [0.2, 0.25) is 5.02 Å². The van der Waals surface area contributed by atoms with E-state index < -0.39 is 6.10 Å². The van der Waals surface area contributed by atoms with E-state index in [-0.39, 0.29) is 0 Å². The number of hydrogen-bond acceptors (Lipinski definition) is 2. The number of aliphatic hydroxyl groups excluding tert-OH is 1. The molecule has 1 aromatic carbocycles. The first kappa shape index (κ1) is 13.6. The molecule has 1 N–H and O–H groups in total. The summed E-state index contributed by atoms with van der Waals surface area (Å²) in [6.07, 6.45) is -0.569. The van der Waals surface area contributed by atoms with Crippen LogP contribution in [0.3, 0.4) is 0 Å². The van der Waals surface area contributed by atoms with Gasteiger partial charge in [-0.25, -0.2) is 4.68 Å². The van der Waals surface area contributed by atoms with Crippen LogP contribution in [0.5, 0.6) is 0 Å². The van der Waals surface area contributed by atoms with Crippen molar-refractivity contribution in [1.82, 2.24) is 9.78 Å². The second kappa shape index (κ2) is 5.03. The first-order valence-corrected chi connectivity index (χ1v) is 6.78. The minimum absolute atomic E-state index is 0.569. The number of aryl methyl sites for hydroxylation is 1. The fraction of sp³-hybridized carbons (Fsp3) is 0.308. The maximum atomic E-state index is 9.86. The van der Waals surface area contributed by atoms with Crippen molar-refractivity contribution in [2.45, 2.75) is 26.9 Å². The van der Waals surface area contributed by atoms with E-state index >= 15 is 0 Å². The van der Waals surface area contributed by atoms with Crippen LogP contribution in [0, 0.1) is 13.8 Å². The summed E-state index contributed by atoms with van der Waals surface area (Å²) in [6.45, 7) is 5.52. The predicted octanol–water partition coefficient (Wildman–Crippen LogP) is 3.96. The molecule has 2 rings (SSSR count). The highest BCUT2D eigenvalue weighted by molar-refractivity contribution is 9.10. The van der Waals surface area contributed by atoms with Crippen molar-refractivity contribution in [1.29, 1.82) is 0 Å². The summed E-state index contributed by atoms with van der Waals surface area (Å²) in [7, 11) is 0. The molecule has 0 aliphatic carbocycles. The Bertz CT molecular complexity index is 593. The molecule has 2 aromatic rings. The van der Waals surface area contributed by atoms with E-state index in [1.165, 1.54) is 0 Å². The Hall–Kier alpha value is -0.840. The third-order valence-corrected chi connectivity index (χ3v) is 3.91. The van der Waals surface area contributed by atoms with Gasteiger partial charge in [-0.2, -0.15) is 5.10 Å². The molecule has 1 aromatic heterocycles. The van der Waals surface area contributed by atoms with Gasteiger partial charge >= 0.3 is 0 Å². The smallest absolute Gasteiger partial charge is 0.0848 e. The number of halogens is 2. The Balaban J connectivity index is 2.67. The molecule has 0 aliphatic heterocycles. The molecule has 0 bridgehead atoms. The van der Waals surface area contributed by atoms with E-state index in [0.717, 1.165) is 27.1 Å². The van der Waals surface area contributed by atoms with Gasteiger partial charge in [0.2, 0.25) is 0 Å². The summed E-state index contributed by atoms with van der Waals surface area (Å²) in [4.78, 5) is 0. The number of benzene rings is 1. The molecule has 0 fully saturated rings. The molecule has 0 aliphatic rings. The normalized spacial score (nSPS) is 12.8. The summed E-state index contributed by atoms with van der Waals surface area (Å²) >= 11 is 9.56. The van der Waals surface area contributed by atoms with Crippen LogP contribution in [0.4, 0.5) is 0 Å².